The summed E-state index contributed by atoms with van der Waals surface area (Å²) >= 11 is 0. The van der Waals surface area contributed by atoms with Crippen LogP contribution in [0, 0.1) is 52.3 Å². The van der Waals surface area contributed by atoms with E-state index < -0.39 is 154 Å². The first kappa shape index (κ1) is 93.0. The zero-order chi connectivity index (χ0) is 58.6. The summed E-state index contributed by atoms with van der Waals surface area (Å²) in [4.78, 5) is 0. The molecule has 6 fully saturated rings. The Labute approximate surface area is 653 Å². The molecule has 0 unspecified atom stereocenters. The monoisotopic (exact) mass is 1430 g/mol. The van der Waals surface area contributed by atoms with Gasteiger partial charge in [-0.3, -0.25) is 29.3 Å². The van der Waals surface area contributed by atoms with E-state index in [0.717, 1.165) is 51.4 Å². The molecule has 2 aliphatic heterocycles. The molecule has 2 saturated heterocycles. The predicted molar refractivity (Wildman–Crippen MR) is 244 cm³/mol. The molecule has 2 heterocycles. The molecular weight excluding hydrogens is 1370 g/mol. The number of hydrogen-bond donors (Lipinski definition) is 0. The van der Waals surface area contributed by atoms with Crippen molar-refractivity contribution in [3.63, 3.8) is 0 Å². The maximum absolute atomic E-state index is 12.5. The quantitative estimate of drug-likeness (QED) is 0.0354. The van der Waals surface area contributed by atoms with E-state index in [0.29, 0.717) is 42.4 Å². The summed E-state index contributed by atoms with van der Waals surface area (Å²) < 4.78 is 305. The molecule has 0 aromatic carbocycles. The van der Waals surface area contributed by atoms with Crippen LogP contribution in [0.25, 0.3) is 0 Å². The summed E-state index contributed by atoms with van der Waals surface area (Å²) in [5, 5.41) is 0. The summed E-state index contributed by atoms with van der Waals surface area (Å²) in [7, 11) is -43.6. The Balaban J connectivity index is 0. The van der Waals surface area contributed by atoms with Gasteiger partial charge in [-0.2, -0.15) is 0 Å². The molecule has 32 nitrogen and oxygen atoms in total. The number of rotatable bonds is 25. The van der Waals surface area contributed by atoms with Gasteiger partial charge in [-0.15, -0.1) is 0 Å². The molecule has 0 aromatic heterocycles. The summed E-state index contributed by atoms with van der Waals surface area (Å²) in [6.45, 7) is 7.65. The van der Waals surface area contributed by atoms with Crippen LogP contribution < -0.4 is 207 Å². The van der Waals surface area contributed by atoms with Gasteiger partial charge in [0.1, 0.15) is 42.7 Å². The Kier molecular flexibility index (Phi) is 40.3. The molecule has 4 aliphatic carbocycles. The van der Waals surface area contributed by atoms with Gasteiger partial charge < -0.3 is 50.8 Å². The number of hydrogen-bond acceptors (Lipinski definition) is 32. The maximum Gasteiger partial charge on any atom is 1.00 e. The van der Waals surface area contributed by atoms with E-state index in [2.05, 4.69) is 63.9 Å². The molecule has 4 saturated carbocycles. The summed E-state index contributed by atoms with van der Waals surface area (Å²) in [6.07, 6.45) is -21.9. The Morgan fingerprint density at radius 3 is 1.28 bits per heavy atom. The van der Waals surface area contributed by atoms with Crippen LogP contribution in [0.3, 0.4) is 0 Å². The van der Waals surface area contributed by atoms with Crippen molar-refractivity contribution in [1.82, 2.24) is 0 Å². The van der Waals surface area contributed by atoms with Crippen LogP contribution in [0.15, 0.2) is 0 Å². The van der Waals surface area contributed by atoms with E-state index in [1.165, 1.54) is 0 Å². The van der Waals surface area contributed by atoms with Gasteiger partial charge in [0.15, 0.2) is 18.7 Å². The molecule has 6 rings (SSSR count). The second-order valence-corrected chi connectivity index (χ2v) is 28.8. The summed E-state index contributed by atoms with van der Waals surface area (Å²) in [5.74, 6) is 2.56. The molecule has 0 aromatic rings. The fourth-order valence-corrected chi connectivity index (χ4v) is 16.7. The Hall–Kier alpha value is 5.93. The van der Waals surface area contributed by atoms with E-state index in [1.807, 2.05) is 0 Å². The summed E-state index contributed by atoms with van der Waals surface area (Å²) in [5.41, 5.74) is -0.213. The molecule has 0 amide bonds. The van der Waals surface area contributed by atoms with Crippen molar-refractivity contribution in [3.05, 3.63) is 0 Å². The van der Waals surface area contributed by atoms with Crippen molar-refractivity contribution in [2.75, 3.05) is 13.2 Å². The molecule has 0 radical (unpaired) electrons. The third-order valence-corrected chi connectivity index (χ3v) is 19.7. The molecular formula is C39H61Na7O32S7. The third-order valence-electron chi connectivity index (χ3n) is 16.5. The Morgan fingerprint density at radius 1 is 0.447 bits per heavy atom. The SMILES string of the molecule is CC(C)CCC[C@@H](C)[C@H]1CC[C@H]2[C@@H]3CC[C@H]4C[C@@H](O[C@H]5O[C@H](COS(=O)(=O)[O-])[C@@H](OS(=O)(=O)[O-])[C@H](OS(=O)(=O)[O-])[C@@H]5O[C@H]5O[C@H](COS(=O)(=O)[O-])[C@@H](OS(=O)(=O)[O-])[C@H](OS(=O)(=O)[O-])[C@@H]5OS(=O)(=O)[O-])CC[C@]4(C)[C@H]3CC[C@]12C.[Na+].[Na+].[Na+].[Na+].[Na+].[Na+].[Na+]. The van der Waals surface area contributed by atoms with Gasteiger partial charge in [0.25, 0.3) is 0 Å². The van der Waals surface area contributed by atoms with Gasteiger partial charge >= 0.3 is 207 Å². The average Bonchev–Trinajstić information content (AvgIpc) is 3.61. The van der Waals surface area contributed by atoms with Crippen molar-refractivity contribution in [2.24, 2.45) is 52.3 Å². The van der Waals surface area contributed by atoms with Gasteiger partial charge in [0.05, 0.1) is 19.3 Å². The summed E-state index contributed by atoms with van der Waals surface area (Å²) in [6, 6.07) is 0. The fourth-order valence-electron chi connectivity index (χ4n) is 13.6. The second-order valence-electron chi connectivity index (χ2n) is 21.6. The molecule has 19 atom stereocenters. The molecule has 458 valence electrons. The van der Waals surface area contributed by atoms with Gasteiger partial charge in [0.2, 0.25) is 72.8 Å². The van der Waals surface area contributed by atoms with Crippen molar-refractivity contribution < 1.29 is 346 Å². The predicted octanol–water partition coefficient (Wildman–Crippen LogP) is -21.5. The van der Waals surface area contributed by atoms with Gasteiger partial charge in [-0.1, -0.05) is 53.9 Å². The van der Waals surface area contributed by atoms with Gasteiger partial charge in [0, 0.05) is 0 Å². The number of ether oxygens (including phenoxy) is 4. The van der Waals surface area contributed by atoms with Crippen LogP contribution in [-0.2, 0) is 121 Å². The van der Waals surface area contributed by atoms with Crippen LogP contribution >= 0.6 is 0 Å². The zero-order valence-electron chi connectivity index (χ0n) is 49.2. The van der Waals surface area contributed by atoms with Crippen LogP contribution in [-0.4, -0.2) is 172 Å². The van der Waals surface area contributed by atoms with Crippen molar-refractivity contribution >= 4 is 72.8 Å². The molecule has 0 spiro atoms. The minimum absolute atomic E-state index is 0. The average molecular weight is 1430 g/mol. The molecule has 85 heavy (non-hydrogen) atoms. The van der Waals surface area contributed by atoms with Crippen LogP contribution in [0.1, 0.15) is 112 Å². The molecule has 0 bridgehead atoms. The molecule has 6 aliphatic rings. The van der Waals surface area contributed by atoms with Crippen molar-refractivity contribution in [2.45, 2.75) is 179 Å². The maximum atomic E-state index is 12.5. The van der Waals surface area contributed by atoms with E-state index in [9.17, 15) is 90.8 Å². The number of fused-ring (bicyclic) bond motifs is 5. The largest absolute Gasteiger partial charge is 1.00 e. The van der Waals surface area contributed by atoms with E-state index >= 15 is 0 Å². The first-order valence-corrected chi connectivity index (χ1v) is 33.8. The molecule has 46 heteroatoms. The van der Waals surface area contributed by atoms with Gasteiger partial charge in [-0.25, -0.2) is 58.9 Å². The minimum Gasteiger partial charge on any atom is -0.726 e. The van der Waals surface area contributed by atoms with E-state index in [4.69, 9.17) is 18.9 Å². The fraction of sp³-hybridized carbons (Fsp3) is 1.00. The van der Waals surface area contributed by atoms with Crippen LogP contribution in [0.4, 0.5) is 0 Å². The van der Waals surface area contributed by atoms with E-state index in [1.54, 1.807) is 0 Å². The van der Waals surface area contributed by atoms with E-state index in [-0.39, 0.29) is 242 Å². The third kappa shape index (κ3) is 27.5. The topological polar surface area (TPSA) is 502 Å². The standard InChI is InChI=1S/C39H68O32S7.7Na/c1-20(2)7-6-8-21(3)25-11-12-26-24-10-9-22-17-23(13-15-38(22,4)27(24)14-16-39(25,26)5)63-36-34(32(69-76(52,53)54)30(67-74(46,47)48)28(64-36)18-61-72(40,41)42)66-37-35(71-78(58,59)60)33(70-77(55,56)57)31(68-75(49,50)51)29(65-37)19-62-73(43,44)45;;;;;;;/h20-37H,6-19H2,1-5H3,(H,40,41,42)(H,43,44,45)(H,46,47,48)(H,49,50,51)(H,52,53,54)(H,55,56,57)(H,58,59,60);;;;;;;/q;7*+1/p-7/t21-,22+,23+,24+,25-,26+,27+,28-,29-,30-,31-,32+,33+,34+,35+,36+,37-,38+,39-;;;;;;;/m1......./s1. The van der Waals surface area contributed by atoms with Crippen molar-refractivity contribution in [3.8, 4) is 0 Å². The van der Waals surface area contributed by atoms with Crippen LogP contribution in [0.5, 0.6) is 0 Å². The first-order chi connectivity index (χ1) is 35.4. The first-order valence-electron chi connectivity index (χ1n) is 24.5. The zero-order valence-corrected chi connectivity index (χ0v) is 68.9. The Morgan fingerprint density at radius 2 is 0.847 bits per heavy atom. The van der Waals surface area contributed by atoms with Gasteiger partial charge in [-0.05, 0) is 110 Å². The second kappa shape index (κ2) is 36.8. The molecule has 0 N–H and O–H groups in total. The normalized spacial score (nSPS) is 35.6. The van der Waals surface area contributed by atoms with Crippen LogP contribution in [0.2, 0.25) is 0 Å². The van der Waals surface area contributed by atoms with Crippen molar-refractivity contribution in [1.29, 1.82) is 0 Å². The minimum atomic E-state index is -6.43. The smallest absolute Gasteiger partial charge is 0.726 e. The Bertz CT molecular complexity index is 2940.